The quantitative estimate of drug-likeness (QED) is 0.203. The van der Waals surface area contributed by atoms with Gasteiger partial charge in [-0.15, -0.1) is 11.3 Å². The van der Waals surface area contributed by atoms with Crippen molar-refractivity contribution in [2.24, 2.45) is 0 Å². The molecule has 0 spiro atoms. The molecule has 1 heterocycles. The van der Waals surface area contributed by atoms with Gasteiger partial charge in [-0.3, -0.25) is 4.79 Å². The van der Waals surface area contributed by atoms with Gasteiger partial charge >= 0.3 is 18.2 Å². The fraction of sp³-hybridized carbons (Fsp3) is 0.286. The summed E-state index contributed by atoms with van der Waals surface area (Å²) in [5.41, 5.74) is 0.782. The molecule has 198 valence electrons. The van der Waals surface area contributed by atoms with E-state index in [0.717, 1.165) is 0 Å². The Labute approximate surface area is 224 Å². The van der Waals surface area contributed by atoms with Crippen LogP contribution in [0.4, 0.5) is 9.59 Å². The van der Waals surface area contributed by atoms with E-state index in [1.165, 1.54) is 11.3 Å². The first kappa shape index (κ1) is 26.9. The molecule has 4 rings (SSSR count). The van der Waals surface area contributed by atoms with Crippen molar-refractivity contribution < 1.29 is 33.4 Å². The summed E-state index contributed by atoms with van der Waals surface area (Å²) in [6, 6.07) is 19.4. The molecule has 38 heavy (non-hydrogen) atoms. The molecule has 9 nitrogen and oxygen atoms in total. The van der Waals surface area contributed by atoms with E-state index >= 15 is 0 Å². The highest BCUT2D eigenvalue weighted by Gasteiger charge is 2.61. The number of ether oxygens (including phenoxy) is 3. The second-order valence-corrected chi connectivity index (χ2v) is 10.7. The lowest BCUT2D eigenvalue weighted by Crippen LogP contribution is -2.68. The average molecular weight is 537 g/mol. The second kappa shape index (κ2) is 11.1. The third kappa shape index (κ3) is 5.86. The minimum absolute atomic E-state index is 0.0969. The molecule has 0 saturated heterocycles. The van der Waals surface area contributed by atoms with Crippen molar-refractivity contribution in [3.05, 3.63) is 93.7 Å². The minimum atomic E-state index is -2.21. The van der Waals surface area contributed by atoms with E-state index in [2.05, 4.69) is 5.43 Å². The SMILES string of the molecule is CC(C)(C)OC(=O)[C@]1(N(NC(=O)OCc2ccccc2)C(=O)OCc2ccccc2)Cc2sccc2C1=O. The van der Waals surface area contributed by atoms with Crippen molar-refractivity contribution in [3.8, 4) is 0 Å². The number of amides is 2. The van der Waals surface area contributed by atoms with Gasteiger partial charge in [-0.25, -0.2) is 19.8 Å². The van der Waals surface area contributed by atoms with Crippen LogP contribution in [0.25, 0.3) is 0 Å². The number of carbonyl (C=O) groups excluding carboxylic acids is 4. The Bertz CT molecular complexity index is 1320. The van der Waals surface area contributed by atoms with Crippen molar-refractivity contribution >= 4 is 35.3 Å². The molecule has 1 atom stereocenters. The van der Waals surface area contributed by atoms with Crippen molar-refractivity contribution in [1.29, 1.82) is 0 Å². The Kier molecular flexibility index (Phi) is 7.82. The molecule has 1 aliphatic rings. The molecule has 2 aromatic carbocycles. The fourth-order valence-electron chi connectivity index (χ4n) is 3.94. The Balaban J connectivity index is 1.66. The molecule has 0 radical (unpaired) electrons. The normalized spacial score (nSPS) is 16.3. The number of Topliss-reactive ketones (excluding diaryl/α,β-unsaturated/α-hetero) is 1. The zero-order chi connectivity index (χ0) is 27.3. The summed E-state index contributed by atoms with van der Waals surface area (Å²) in [5, 5.41) is 2.34. The zero-order valence-corrected chi connectivity index (χ0v) is 22.1. The Morgan fingerprint density at radius 1 is 0.921 bits per heavy atom. The molecular weight excluding hydrogens is 508 g/mol. The summed E-state index contributed by atoms with van der Waals surface area (Å²) in [7, 11) is 0. The molecule has 2 amide bonds. The Morgan fingerprint density at radius 3 is 2.05 bits per heavy atom. The first-order valence-electron chi connectivity index (χ1n) is 11.9. The molecule has 10 heteroatoms. The molecule has 0 unspecified atom stereocenters. The monoisotopic (exact) mass is 536 g/mol. The topological polar surface area (TPSA) is 111 Å². The van der Waals surface area contributed by atoms with Crippen LogP contribution in [0.1, 0.15) is 47.1 Å². The smallest absolute Gasteiger partial charge is 0.430 e. The highest BCUT2D eigenvalue weighted by Crippen LogP contribution is 2.39. The summed E-state index contributed by atoms with van der Waals surface area (Å²) in [4.78, 5) is 54.4. The van der Waals surface area contributed by atoms with Gasteiger partial charge < -0.3 is 14.2 Å². The van der Waals surface area contributed by atoms with E-state index in [4.69, 9.17) is 14.2 Å². The predicted molar refractivity (Wildman–Crippen MR) is 139 cm³/mol. The van der Waals surface area contributed by atoms with Crippen LogP contribution in [0, 0.1) is 0 Å². The third-order valence-corrected chi connectivity index (χ3v) is 6.62. The number of fused-ring (bicyclic) bond motifs is 1. The third-order valence-electron chi connectivity index (χ3n) is 5.70. The lowest BCUT2D eigenvalue weighted by molar-refractivity contribution is -0.166. The van der Waals surface area contributed by atoms with Gasteiger partial charge in [-0.2, -0.15) is 5.01 Å². The number of nitrogens with one attached hydrogen (secondary N) is 1. The molecule has 1 N–H and O–H groups in total. The molecular formula is C28H28N2O7S. The Hall–Kier alpha value is -4.18. The summed E-state index contributed by atoms with van der Waals surface area (Å²) in [6.45, 7) is 4.69. The van der Waals surface area contributed by atoms with Gasteiger partial charge in [0.2, 0.25) is 11.3 Å². The maximum absolute atomic E-state index is 13.8. The number of hydrogen-bond acceptors (Lipinski definition) is 8. The van der Waals surface area contributed by atoms with Crippen molar-refractivity contribution in [1.82, 2.24) is 10.4 Å². The van der Waals surface area contributed by atoms with Crippen molar-refractivity contribution in [2.45, 2.75) is 51.5 Å². The second-order valence-electron chi connectivity index (χ2n) is 9.67. The van der Waals surface area contributed by atoms with E-state index in [1.54, 1.807) is 80.7 Å². The number of benzene rings is 2. The largest absolute Gasteiger partial charge is 0.458 e. The van der Waals surface area contributed by atoms with Crippen molar-refractivity contribution in [3.63, 3.8) is 0 Å². The molecule has 1 aromatic heterocycles. The number of hydrazine groups is 1. The number of hydrogen-bond donors (Lipinski definition) is 1. The van der Waals surface area contributed by atoms with Crippen LogP contribution >= 0.6 is 11.3 Å². The molecule has 0 aliphatic heterocycles. The average Bonchev–Trinajstić information content (AvgIpc) is 3.46. The van der Waals surface area contributed by atoms with Gasteiger partial charge in [-0.1, -0.05) is 60.7 Å². The van der Waals surface area contributed by atoms with E-state index in [1.807, 2.05) is 12.1 Å². The molecule has 0 fully saturated rings. The molecule has 3 aromatic rings. The number of thiophene rings is 1. The zero-order valence-electron chi connectivity index (χ0n) is 21.3. The first-order valence-corrected chi connectivity index (χ1v) is 12.8. The van der Waals surface area contributed by atoms with Gasteiger partial charge in [-0.05, 0) is 43.3 Å². The predicted octanol–water partition coefficient (Wildman–Crippen LogP) is 5.05. The first-order chi connectivity index (χ1) is 18.1. The highest BCUT2D eigenvalue weighted by molar-refractivity contribution is 7.10. The lowest BCUT2D eigenvalue weighted by atomic mass is 9.93. The highest BCUT2D eigenvalue weighted by atomic mass is 32.1. The van der Waals surface area contributed by atoms with Crippen LogP contribution in [-0.4, -0.2) is 40.1 Å². The van der Waals surface area contributed by atoms with Crippen LogP contribution in [0.15, 0.2) is 72.1 Å². The molecule has 1 aliphatic carbocycles. The van der Waals surface area contributed by atoms with E-state index in [-0.39, 0.29) is 25.2 Å². The van der Waals surface area contributed by atoms with Crippen molar-refractivity contribution in [2.75, 3.05) is 0 Å². The minimum Gasteiger partial charge on any atom is -0.458 e. The number of ketones is 1. The van der Waals surface area contributed by atoms with E-state index in [9.17, 15) is 19.2 Å². The summed E-state index contributed by atoms with van der Waals surface area (Å²) in [6.07, 6.45) is -2.34. The summed E-state index contributed by atoms with van der Waals surface area (Å²) < 4.78 is 16.3. The van der Waals surface area contributed by atoms with E-state index < -0.39 is 35.1 Å². The van der Waals surface area contributed by atoms with E-state index in [0.29, 0.717) is 21.0 Å². The van der Waals surface area contributed by atoms with Gasteiger partial charge in [0.1, 0.15) is 18.8 Å². The van der Waals surface area contributed by atoms with Crippen LogP contribution in [0.3, 0.4) is 0 Å². The van der Waals surface area contributed by atoms with Crippen LogP contribution in [0.2, 0.25) is 0 Å². The maximum Gasteiger partial charge on any atom is 0.430 e. The van der Waals surface area contributed by atoms with Gasteiger partial charge in [0.25, 0.3) is 0 Å². The van der Waals surface area contributed by atoms with Crippen LogP contribution in [-0.2, 0) is 38.6 Å². The van der Waals surface area contributed by atoms with Gasteiger partial charge in [0.15, 0.2) is 0 Å². The molecule has 0 saturated carbocycles. The maximum atomic E-state index is 13.8. The van der Waals surface area contributed by atoms with Crippen LogP contribution < -0.4 is 5.43 Å². The summed E-state index contributed by atoms with van der Waals surface area (Å²) in [5.74, 6) is -1.67. The fourth-order valence-corrected chi connectivity index (χ4v) is 4.89. The Morgan fingerprint density at radius 2 is 1.50 bits per heavy atom. The number of rotatable bonds is 6. The van der Waals surface area contributed by atoms with Crippen LogP contribution in [0.5, 0.6) is 0 Å². The molecule has 0 bridgehead atoms. The summed E-state index contributed by atoms with van der Waals surface area (Å²) >= 11 is 1.27. The lowest BCUT2D eigenvalue weighted by Gasteiger charge is -2.37. The number of carbonyl (C=O) groups is 4. The number of esters is 1. The van der Waals surface area contributed by atoms with Gasteiger partial charge in [0, 0.05) is 16.9 Å². The number of nitrogens with zero attached hydrogens (tertiary/aromatic N) is 1. The standard InChI is InChI=1S/C28H28N2O7S/c1-27(2,3)37-24(32)28(16-22-21(23(28)31)14-15-38-22)30(26(34)36-18-20-12-8-5-9-13-20)29-25(33)35-17-19-10-6-4-7-11-19/h4-15H,16-18H2,1-3H3,(H,29,33)/t28-/m0/s1. The van der Waals surface area contributed by atoms with Gasteiger partial charge in [0.05, 0.1) is 0 Å².